The Balaban J connectivity index is 2.18. The van der Waals surface area contributed by atoms with Gasteiger partial charge in [-0.3, -0.25) is 0 Å². The summed E-state index contributed by atoms with van der Waals surface area (Å²) in [5.41, 5.74) is 0.543. The molecule has 0 unspecified atom stereocenters. The summed E-state index contributed by atoms with van der Waals surface area (Å²) in [4.78, 5) is 10.7. The van der Waals surface area contributed by atoms with Crippen LogP contribution < -0.4 is 0 Å². The van der Waals surface area contributed by atoms with E-state index in [4.69, 9.17) is 19.0 Å². The molecule has 0 bridgehead atoms. The fourth-order valence-corrected chi connectivity index (χ4v) is 1.26. The Labute approximate surface area is 100 Å². The molecule has 0 atom stereocenters. The number of carboxylic acid groups (broad SMARTS) is 1. The number of hydrogen-bond donors (Lipinski definition) is 1. The number of aromatic carboxylic acids is 1. The Morgan fingerprint density at radius 3 is 2.76 bits per heavy atom. The lowest BCUT2D eigenvalue weighted by Gasteiger charge is -2.07. The molecular weight excluding hydrogens is 224 g/mol. The van der Waals surface area contributed by atoms with Crippen LogP contribution in [0.25, 0.3) is 0 Å². The first-order valence-electron chi connectivity index (χ1n) is 5.56. The summed E-state index contributed by atoms with van der Waals surface area (Å²) in [5, 5.41) is 8.78. The van der Waals surface area contributed by atoms with Gasteiger partial charge in [0.2, 0.25) is 5.76 Å². The smallest absolute Gasteiger partial charge is 0.372 e. The molecule has 96 valence electrons. The van der Waals surface area contributed by atoms with Gasteiger partial charge < -0.3 is 19.0 Å². The normalized spacial score (nSPS) is 11.0. The van der Waals surface area contributed by atoms with Gasteiger partial charge in [0.15, 0.2) is 0 Å². The average Bonchev–Trinajstić information content (AvgIpc) is 2.71. The van der Waals surface area contributed by atoms with Gasteiger partial charge in [0, 0.05) is 12.2 Å². The van der Waals surface area contributed by atoms with Gasteiger partial charge >= 0.3 is 5.97 Å². The number of ether oxygens (including phenoxy) is 2. The van der Waals surface area contributed by atoms with Gasteiger partial charge in [0.1, 0.15) is 0 Å². The highest BCUT2D eigenvalue weighted by Gasteiger charge is 2.13. The number of furan rings is 1. The zero-order chi connectivity index (χ0) is 12.7. The van der Waals surface area contributed by atoms with Gasteiger partial charge in [-0.2, -0.15) is 0 Å². The molecule has 0 saturated heterocycles. The molecular formula is C12H18O5. The SMILES string of the molecule is CC(C)COCCOCc1ccoc1C(=O)O. The van der Waals surface area contributed by atoms with Crippen molar-refractivity contribution in [2.75, 3.05) is 19.8 Å². The second-order valence-electron chi connectivity index (χ2n) is 4.10. The van der Waals surface area contributed by atoms with Crippen molar-refractivity contribution in [2.45, 2.75) is 20.5 Å². The van der Waals surface area contributed by atoms with Gasteiger partial charge in [0.25, 0.3) is 0 Å². The zero-order valence-electron chi connectivity index (χ0n) is 10.1. The first-order chi connectivity index (χ1) is 8.11. The maximum Gasteiger partial charge on any atom is 0.372 e. The van der Waals surface area contributed by atoms with E-state index in [1.54, 1.807) is 6.07 Å². The van der Waals surface area contributed by atoms with Crippen LogP contribution in [0.4, 0.5) is 0 Å². The van der Waals surface area contributed by atoms with Crippen molar-refractivity contribution in [1.29, 1.82) is 0 Å². The first kappa shape index (κ1) is 13.7. The van der Waals surface area contributed by atoms with Crippen molar-refractivity contribution in [3.05, 3.63) is 23.7 Å². The van der Waals surface area contributed by atoms with E-state index < -0.39 is 5.97 Å². The van der Waals surface area contributed by atoms with E-state index in [-0.39, 0.29) is 12.4 Å². The van der Waals surface area contributed by atoms with Crippen molar-refractivity contribution in [2.24, 2.45) is 5.92 Å². The highest BCUT2D eigenvalue weighted by atomic mass is 16.5. The Morgan fingerprint density at radius 2 is 2.12 bits per heavy atom. The van der Waals surface area contributed by atoms with Crippen LogP contribution in [0.2, 0.25) is 0 Å². The largest absolute Gasteiger partial charge is 0.475 e. The monoisotopic (exact) mass is 242 g/mol. The summed E-state index contributed by atoms with van der Waals surface area (Å²) >= 11 is 0. The molecule has 1 heterocycles. The number of hydrogen-bond acceptors (Lipinski definition) is 4. The maximum absolute atomic E-state index is 10.7. The molecule has 0 aliphatic rings. The van der Waals surface area contributed by atoms with Crippen LogP contribution >= 0.6 is 0 Å². The van der Waals surface area contributed by atoms with E-state index in [1.165, 1.54) is 6.26 Å². The van der Waals surface area contributed by atoms with Crippen LogP contribution in [0.3, 0.4) is 0 Å². The molecule has 0 spiro atoms. The third kappa shape index (κ3) is 5.01. The molecule has 5 heteroatoms. The Hall–Kier alpha value is -1.33. The number of rotatable bonds is 8. The number of carboxylic acids is 1. The lowest BCUT2D eigenvalue weighted by atomic mass is 10.2. The van der Waals surface area contributed by atoms with Crippen molar-refractivity contribution < 1.29 is 23.8 Å². The number of carbonyl (C=O) groups is 1. The third-order valence-electron chi connectivity index (χ3n) is 2.02. The Kier molecular flexibility index (Phi) is 5.72. The quantitative estimate of drug-likeness (QED) is 0.707. The molecule has 0 saturated carbocycles. The second-order valence-corrected chi connectivity index (χ2v) is 4.10. The minimum Gasteiger partial charge on any atom is -0.475 e. The van der Waals surface area contributed by atoms with Gasteiger partial charge in [-0.25, -0.2) is 4.79 Å². The van der Waals surface area contributed by atoms with Gasteiger partial charge in [-0.05, 0) is 12.0 Å². The lowest BCUT2D eigenvalue weighted by Crippen LogP contribution is -2.09. The molecule has 1 N–H and O–H groups in total. The molecule has 0 amide bonds. The van der Waals surface area contributed by atoms with Crippen molar-refractivity contribution >= 4 is 5.97 Å². The lowest BCUT2D eigenvalue weighted by molar-refractivity contribution is 0.0306. The first-order valence-corrected chi connectivity index (χ1v) is 5.56. The molecule has 0 radical (unpaired) electrons. The molecule has 17 heavy (non-hydrogen) atoms. The summed E-state index contributed by atoms with van der Waals surface area (Å²) < 4.78 is 15.5. The molecule has 1 rings (SSSR count). The second kappa shape index (κ2) is 7.09. The highest BCUT2D eigenvalue weighted by Crippen LogP contribution is 2.11. The molecule has 0 aromatic carbocycles. The van der Waals surface area contributed by atoms with Crippen LogP contribution in [-0.4, -0.2) is 30.9 Å². The van der Waals surface area contributed by atoms with Crippen molar-refractivity contribution in [3.63, 3.8) is 0 Å². The predicted molar refractivity (Wildman–Crippen MR) is 61.0 cm³/mol. The van der Waals surface area contributed by atoms with Crippen LogP contribution in [0.15, 0.2) is 16.7 Å². The molecule has 1 aromatic heterocycles. The maximum atomic E-state index is 10.7. The summed E-state index contributed by atoms with van der Waals surface area (Å²) in [6.07, 6.45) is 1.34. The van der Waals surface area contributed by atoms with Gasteiger partial charge in [0.05, 0.1) is 26.1 Å². The minimum atomic E-state index is -1.08. The summed E-state index contributed by atoms with van der Waals surface area (Å²) in [6.45, 7) is 6.03. The summed E-state index contributed by atoms with van der Waals surface area (Å²) in [7, 11) is 0. The van der Waals surface area contributed by atoms with E-state index in [9.17, 15) is 4.79 Å². The molecule has 0 aliphatic carbocycles. The molecule has 0 aliphatic heterocycles. The standard InChI is InChI=1S/C12H18O5/c1-9(2)7-15-5-6-16-8-10-3-4-17-11(10)12(13)14/h3-4,9H,5-8H2,1-2H3,(H,13,14). The Bertz CT molecular complexity index is 342. The topological polar surface area (TPSA) is 68.9 Å². The average molecular weight is 242 g/mol. The minimum absolute atomic E-state index is 0.0619. The van der Waals surface area contributed by atoms with E-state index >= 15 is 0 Å². The van der Waals surface area contributed by atoms with Crippen molar-refractivity contribution in [3.8, 4) is 0 Å². The van der Waals surface area contributed by atoms with Gasteiger partial charge in [-0.15, -0.1) is 0 Å². The third-order valence-corrected chi connectivity index (χ3v) is 2.02. The zero-order valence-corrected chi connectivity index (χ0v) is 10.1. The van der Waals surface area contributed by atoms with E-state index in [0.29, 0.717) is 31.3 Å². The Morgan fingerprint density at radius 1 is 1.41 bits per heavy atom. The molecule has 0 fully saturated rings. The molecule has 5 nitrogen and oxygen atoms in total. The fraction of sp³-hybridized carbons (Fsp3) is 0.583. The van der Waals surface area contributed by atoms with Crippen molar-refractivity contribution in [1.82, 2.24) is 0 Å². The molecule has 1 aromatic rings. The fourth-order valence-electron chi connectivity index (χ4n) is 1.26. The van der Waals surface area contributed by atoms with Crippen LogP contribution in [0.1, 0.15) is 30.0 Å². The predicted octanol–water partition coefficient (Wildman–Crippen LogP) is 2.17. The van der Waals surface area contributed by atoms with E-state index in [2.05, 4.69) is 13.8 Å². The summed E-state index contributed by atoms with van der Waals surface area (Å²) in [6, 6.07) is 1.60. The highest BCUT2D eigenvalue weighted by molar-refractivity contribution is 5.85. The van der Waals surface area contributed by atoms with Gasteiger partial charge in [-0.1, -0.05) is 13.8 Å². The van der Waals surface area contributed by atoms with Crippen LogP contribution in [-0.2, 0) is 16.1 Å². The van der Waals surface area contributed by atoms with E-state index in [1.807, 2.05) is 0 Å². The van der Waals surface area contributed by atoms with Crippen LogP contribution in [0.5, 0.6) is 0 Å². The van der Waals surface area contributed by atoms with E-state index in [0.717, 1.165) is 0 Å². The summed E-state index contributed by atoms with van der Waals surface area (Å²) in [5.74, 6) is -0.639. The van der Waals surface area contributed by atoms with Crippen LogP contribution in [0, 0.1) is 5.92 Å².